The molecule has 0 aliphatic carbocycles. The maximum atomic E-state index is 6.25. The Labute approximate surface area is 110 Å². The second-order valence-corrected chi connectivity index (χ2v) is 0. The van der Waals surface area contributed by atoms with Gasteiger partial charge in [0.05, 0.1) is 0 Å². The molecule has 14 heavy (non-hydrogen) atoms. The zero-order valence-corrected chi connectivity index (χ0v) is 8.92. The SMILES string of the molecule is [Ag].[C-]#N.[C-]#N.[C-]#N.[C-]#N.[C-]#N.[C-]#N.[Fe+6]. The summed E-state index contributed by atoms with van der Waals surface area (Å²) in [5, 5.41) is 37.5. The van der Waals surface area contributed by atoms with E-state index in [4.69, 9.17) is 71.0 Å². The van der Waals surface area contributed by atoms with Crippen molar-refractivity contribution in [2.45, 2.75) is 0 Å². The molecular formula is C6AgFeN6. The van der Waals surface area contributed by atoms with Crippen LogP contribution in [0.3, 0.4) is 0 Å². The first-order chi connectivity index (χ1) is 6.00. The van der Waals surface area contributed by atoms with E-state index in [1.807, 2.05) is 0 Å². The molecule has 0 aliphatic heterocycles. The Bertz CT molecular complexity index is 97.3. The van der Waals surface area contributed by atoms with Gasteiger partial charge >= 0.3 is 17.1 Å². The van der Waals surface area contributed by atoms with Crippen LogP contribution in [-0.4, -0.2) is 0 Å². The van der Waals surface area contributed by atoms with Crippen LogP contribution in [0.2, 0.25) is 0 Å². The molecule has 0 heterocycles. The first-order valence-electron chi connectivity index (χ1n) is 1.34. The molecule has 0 unspecified atom stereocenters. The molecule has 0 aliphatic rings. The molecule has 0 saturated heterocycles. The van der Waals surface area contributed by atoms with Crippen molar-refractivity contribution >= 4 is 0 Å². The molecule has 0 amide bonds. The predicted octanol–water partition coefficient (Wildman–Crippen LogP) is 0.573. The fraction of sp³-hybridized carbons (Fsp3) is 0. The molecule has 0 N–H and O–H groups in total. The average Bonchev–Trinajstić information content (AvgIpc) is 2.33. The molecule has 0 bridgehead atoms. The van der Waals surface area contributed by atoms with Crippen LogP contribution in [-0.2, 0) is 39.4 Å². The molecule has 0 aromatic heterocycles. The van der Waals surface area contributed by atoms with E-state index < -0.39 is 0 Å². The van der Waals surface area contributed by atoms with Crippen LogP contribution < -0.4 is 0 Å². The van der Waals surface area contributed by atoms with Crippen molar-refractivity contribution in [3.05, 3.63) is 39.4 Å². The first-order valence-corrected chi connectivity index (χ1v) is 1.34. The Morgan fingerprint density at radius 2 is 0.357 bits per heavy atom. The normalized spacial score (nSPS) is 0.857. The molecule has 0 saturated carbocycles. The van der Waals surface area contributed by atoms with Gasteiger partial charge in [-0.1, -0.05) is 0 Å². The predicted molar refractivity (Wildman–Crippen MR) is 29.8 cm³/mol. The Balaban J connectivity index is -0.00000000500. The van der Waals surface area contributed by atoms with Gasteiger partial charge < -0.3 is 71.0 Å². The van der Waals surface area contributed by atoms with Crippen LogP contribution in [0.1, 0.15) is 0 Å². The average molecular weight is 320 g/mol. The first kappa shape index (κ1) is 86.8. The molecule has 1 radical (unpaired) electrons. The van der Waals surface area contributed by atoms with Crippen LogP contribution in [0.5, 0.6) is 0 Å². The van der Waals surface area contributed by atoms with Crippen LogP contribution in [0.25, 0.3) is 0 Å². The number of rotatable bonds is 0. The number of hydrogen-bond donors (Lipinski definition) is 0. The van der Waals surface area contributed by atoms with E-state index in [9.17, 15) is 0 Å². The van der Waals surface area contributed by atoms with Gasteiger partial charge in [0.25, 0.3) is 0 Å². The largest absolute Gasteiger partial charge is 6.00 e. The van der Waals surface area contributed by atoms with Crippen LogP contribution in [0.15, 0.2) is 0 Å². The van der Waals surface area contributed by atoms with Gasteiger partial charge in [0.1, 0.15) is 0 Å². The molecule has 6 nitrogen and oxygen atoms in total. The summed E-state index contributed by atoms with van der Waals surface area (Å²) >= 11 is 0. The molecule has 0 spiro atoms. The molecule has 0 atom stereocenters. The van der Waals surface area contributed by atoms with Gasteiger partial charge in [-0.05, 0) is 0 Å². The van der Waals surface area contributed by atoms with Crippen LogP contribution >= 0.6 is 0 Å². The van der Waals surface area contributed by atoms with E-state index in [0.29, 0.717) is 0 Å². The number of hydrogen-bond acceptors (Lipinski definition) is 6. The minimum Gasteiger partial charge on any atom is -0.512 e. The van der Waals surface area contributed by atoms with Crippen LogP contribution in [0, 0.1) is 71.0 Å². The molecule has 73 valence electrons. The standard InChI is InChI=1S/6CN.Ag.Fe/c6*1-2;;/q6*-1;;+6. The Morgan fingerprint density at radius 3 is 0.357 bits per heavy atom. The molecule has 0 aromatic carbocycles. The fourth-order valence-electron chi connectivity index (χ4n) is 0. The smallest absolute Gasteiger partial charge is 0.512 e. The quantitative estimate of drug-likeness (QED) is 0.471. The van der Waals surface area contributed by atoms with Crippen molar-refractivity contribution in [3.63, 3.8) is 0 Å². The van der Waals surface area contributed by atoms with E-state index in [1.165, 1.54) is 0 Å². The summed E-state index contributed by atoms with van der Waals surface area (Å²) in [6, 6.07) is 0. The third-order valence-corrected chi connectivity index (χ3v) is 0. The van der Waals surface area contributed by atoms with Crippen molar-refractivity contribution in [3.8, 4) is 0 Å². The molecule has 0 aromatic rings. The van der Waals surface area contributed by atoms with Gasteiger partial charge in [-0.25, -0.2) is 0 Å². The van der Waals surface area contributed by atoms with E-state index in [2.05, 4.69) is 0 Å². The molecular weight excluding hydrogens is 320 g/mol. The topological polar surface area (TPSA) is 143 Å². The Hall–Kier alpha value is -1.80. The summed E-state index contributed by atoms with van der Waals surface area (Å²) in [5.74, 6) is 0. The van der Waals surface area contributed by atoms with Gasteiger partial charge in [-0.3, -0.25) is 0 Å². The Kier molecular flexibility index (Phi) is 2230. The van der Waals surface area contributed by atoms with E-state index >= 15 is 0 Å². The van der Waals surface area contributed by atoms with E-state index in [1.54, 1.807) is 0 Å². The summed E-state index contributed by atoms with van der Waals surface area (Å²) in [6.07, 6.45) is 0. The summed E-state index contributed by atoms with van der Waals surface area (Å²) in [7, 11) is 0. The second kappa shape index (κ2) is 360. The van der Waals surface area contributed by atoms with E-state index in [-0.39, 0.29) is 39.4 Å². The van der Waals surface area contributed by atoms with E-state index in [0.717, 1.165) is 0 Å². The fourth-order valence-corrected chi connectivity index (χ4v) is 0. The van der Waals surface area contributed by atoms with Gasteiger partial charge in [-0.15, -0.1) is 0 Å². The minimum atomic E-state index is 0. The summed E-state index contributed by atoms with van der Waals surface area (Å²) in [4.78, 5) is 0. The Morgan fingerprint density at radius 1 is 0.357 bits per heavy atom. The van der Waals surface area contributed by atoms with Crippen molar-refractivity contribution in [1.29, 1.82) is 31.6 Å². The van der Waals surface area contributed by atoms with Crippen molar-refractivity contribution in [2.75, 3.05) is 0 Å². The monoisotopic (exact) mass is 319 g/mol. The molecule has 0 rings (SSSR count). The van der Waals surface area contributed by atoms with Crippen molar-refractivity contribution in [2.24, 2.45) is 0 Å². The van der Waals surface area contributed by atoms with Crippen LogP contribution in [0.4, 0.5) is 0 Å². The molecule has 0 fully saturated rings. The van der Waals surface area contributed by atoms with Crippen molar-refractivity contribution in [1.82, 2.24) is 0 Å². The zero-order valence-electron chi connectivity index (χ0n) is 6.34. The van der Waals surface area contributed by atoms with Gasteiger partial charge in [0, 0.05) is 22.4 Å². The van der Waals surface area contributed by atoms with Gasteiger partial charge in [-0.2, -0.15) is 0 Å². The van der Waals surface area contributed by atoms with Gasteiger partial charge in [0.15, 0.2) is 0 Å². The zero-order chi connectivity index (χ0) is 12.0. The minimum absolute atomic E-state index is 0. The third kappa shape index (κ3) is 266. The summed E-state index contributed by atoms with van der Waals surface area (Å²) in [6.45, 7) is 28.5. The second-order valence-electron chi connectivity index (χ2n) is 0. The maximum absolute atomic E-state index is 6.25. The summed E-state index contributed by atoms with van der Waals surface area (Å²) in [5.41, 5.74) is 0. The third-order valence-electron chi connectivity index (χ3n) is 0. The van der Waals surface area contributed by atoms with Gasteiger partial charge in [0.2, 0.25) is 0 Å². The maximum Gasteiger partial charge on any atom is 6.00 e. The number of nitrogens with zero attached hydrogens (tertiary/aromatic N) is 6. The summed E-state index contributed by atoms with van der Waals surface area (Å²) < 4.78 is 0. The van der Waals surface area contributed by atoms with Crippen molar-refractivity contribution < 1.29 is 39.4 Å². The molecule has 8 heteroatoms.